The Morgan fingerprint density at radius 2 is 1.70 bits per heavy atom. The predicted molar refractivity (Wildman–Crippen MR) is 127 cm³/mol. The van der Waals surface area contributed by atoms with Crippen LogP contribution in [-0.4, -0.2) is 33.4 Å². The number of nitrogens with two attached hydrogens (primary N) is 1. The highest BCUT2D eigenvalue weighted by Gasteiger charge is 2.30. The fourth-order valence-electron chi connectivity index (χ4n) is 4.18. The number of fused-ring (bicyclic) bond motifs is 2. The molecule has 2 heterocycles. The van der Waals surface area contributed by atoms with Crippen molar-refractivity contribution in [3.8, 4) is 0 Å². The molecule has 164 valence electrons. The Hall–Kier alpha value is -4.39. The van der Waals surface area contributed by atoms with Crippen molar-refractivity contribution in [1.29, 1.82) is 0 Å². The van der Waals surface area contributed by atoms with Gasteiger partial charge in [0.15, 0.2) is 0 Å². The molecule has 0 unspecified atom stereocenters. The molecule has 0 saturated heterocycles. The lowest BCUT2D eigenvalue weighted by Crippen LogP contribution is -2.51. The number of amides is 2. The fourth-order valence-corrected chi connectivity index (χ4v) is 4.18. The minimum Gasteiger partial charge on any atom is -0.361 e. The molecular formula is C26H24N5O2+. The summed E-state index contributed by atoms with van der Waals surface area (Å²) in [5, 5.41) is 3.92. The molecule has 33 heavy (non-hydrogen) atoms. The van der Waals surface area contributed by atoms with E-state index in [-0.39, 0.29) is 11.8 Å². The topological polar surface area (TPSA) is 103 Å². The average molecular weight is 439 g/mol. The number of nitrogens with one attached hydrogen (secondary N) is 3. The van der Waals surface area contributed by atoms with E-state index in [0.717, 1.165) is 27.6 Å². The van der Waals surface area contributed by atoms with Crippen LogP contribution in [-0.2, 0) is 17.8 Å². The van der Waals surface area contributed by atoms with Crippen LogP contribution in [0.4, 0.5) is 0 Å². The Bertz CT molecular complexity index is 1370. The molecule has 0 saturated carbocycles. The molecule has 0 aliphatic carbocycles. The zero-order valence-electron chi connectivity index (χ0n) is 17.9. The molecule has 0 radical (unpaired) electrons. The number of para-hydroxylation sites is 1. The van der Waals surface area contributed by atoms with Crippen LogP contribution in [0, 0.1) is 0 Å². The number of hydrazone groups is 1. The van der Waals surface area contributed by atoms with E-state index >= 15 is 0 Å². The fraction of sp³-hybridized carbons (Fsp3) is 0.115. The number of H-pyrrole nitrogens is 1. The lowest BCUT2D eigenvalue weighted by molar-refractivity contribution is -0.586. The van der Waals surface area contributed by atoms with E-state index in [2.05, 4.69) is 15.7 Å². The standard InChI is InChI=1S/C26H23N5O2/c27-24-21-12-5-4-10-18(21)16-31(24)30-26(33)23(29-25(32)17-8-2-1-3-9-17)14-19-15-28-22-13-7-6-11-20(19)22/h1-13,15,23,27-28H,14,16H2,(H2,29,30,32,33)/p+1/t23-/m0/s1. The van der Waals surface area contributed by atoms with Gasteiger partial charge in [0, 0.05) is 34.6 Å². The first-order valence-electron chi connectivity index (χ1n) is 10.8. The highest BCUT2D eigenvalue weighted by molar-refractivity contribution is 5.99. The van der Waals surface area contributed by atoms with Crippen molar-refractivity contribution in [2.24, 2.45) is 5.73 Å². The number of aromatic nitrogens is 1. The minimum absolute atomic E-state index is 0.308. The molecule has 0 bridgehead atoms. The third kappa shape index (κ3) is 4.08. The number of nitrogens with zero attached hydrogens (tertiary/aromatic N) is 1. The number of hydrogen-bond acceptors (Lipinski definition) is 3. The van der Waals surface area contributed by atoms with Gasteiger partial charge in [-0.3, -0.25) is 15.3 Å². The second-order valence-corrected chi connectivity index (χ2v) is 8.06. The highest BCUT2D eigenvalue weighted by Crippen LogP contribution is 2.20. The molecule has 3 aromatic carbocycles. The van der Waals surface area contributed by atoms with Gasteiger partial charge in [-0.1, -0.05) is 54.6 Å². The van der Waals surface area contributed by atoms with Crippen molar-refractivity contribution < 1.29 is 14.3 Å². The third-order valence-electron chi connectivity index (χ3n) is 5.91. The van der Waals surface area contributed by atoms with E-state index in [4.69, 9.17) is 5.73 Å². The van der Waals surface area contributed by atoms with Gasteiger partial charge >= 0.3 is 0 Å². The third-order valence-corrected chi connectivity index (χ3v) is 5.91. The minimum atomic E-state index is -0.798. The highest BCUT2D eigenvalue weighted by atomic mass is 16.2. The van der Waals surface area contributed by atoms with Gasteiger partial charge in [0.1, 0.15) is 12.6 Å². The molecule has 4 aromatic rings. The number of carbonyl (C=O) groups is 2. The summed E-state index contributed by atoms with van der Waals surface area (Å²) in [6.45, 7) is 0.472. The number of aromatic amines is 1. The summed E-state index contributed by atoms with van der Waals surface area (Å²) in [4.78, 5) is 29.5. The van der Waals surface area contributed by atoms with Gasteiger partial charge in [-0.05, 0) is 29.8 Å². The molecule has 7 heteroatoms. The van der Waals surface area contributed by atoms with E-state index in [1.54, 1.807) is 28.9 Å². The van der Waals surface area contributed by atoms with Gasteiger partial charge < -0.3 is 10.3 Å². The molecular weight excluding hydrogens is 414 g/mol. The maximum atomic E-state index is 13.4. The van der Waals surface area contributed by atoms with E-state index < -0.39 is 6.04 Å². The van der Waals surface area contributed by atoms with Crippen molar-refractivity contribution >= 4 is 28.6 Å². The summed E-state index contributed by atoms with van der Waals surface area (Å²) >= 11 is 0. The number of hydrazine groups is 1. The maximum Gasteiger partial charge on any atom is 0.299 e. The van der Waals surface area contributed by atoms with Gasteiger partial charge in [-0.15, -0.1) is 0 Å². The monoisotopic (exact) mass is 438 g/mol. The number of hydrogen-bond donors (Lipinski definition) is 4. The molecule has 1 aliphatic heterocycles. The van der Waals surface area contributed by atoms with Crippen molar-refractivity contribution in [1.82, 2.24) is 15.7 Å². The maximum absolute atomic E-state index is 13.4. The quantitative estimate of drug-likeness (QED) is 0.348. The number of amidine groups is 1. The van der Waals surface area contributed by atoms with Crippen molar-refractivity contribution in [3.63, 3.8) is 0 Å². The van der Waals surface area contributed by atoms with Crippen molar-refractivity contribution in [3.05, 3.63) is 107 Å². The Kier molecular flexibility index (Phi) is 5.36. The van der Waals surface area contributed by atoms with E-state index in [9.17, 15) is 9.59 Å². The van der Waals surface area contributed by atoms with E-state index in [1.807, 2.05) is 60.8 Å². The lowest BCUT2D eigenvalue weighted by Gasteiger charge is -2.18. The predicted octanol–water partition coefficient (Wildman–Crippen LogP) is 2.47. The normalized spacial score (nSPS) is 13.6. The summed E-state index contributed by atoms with van der Waals surface area (Å²) in [6, 6.07) is 23.7. The lowest BCUT2D eigenvalue weighted by atomic mass is 10.0. The first-order valence-corrected chi connectivity index (χ1v) is 10.8. The van der Waals surface area contributed by atoms with Crippen LogP contribution in [0.1, 0.15) is 27.0 Å². The van der Waals surface area contributed by atoms with Crippen molar-refractivity contribution in [2.75, 3.05) is 0 Å². The van der Waals surface area contributed by atoms with Crippen LogP contribution >= 0.6 is 0 Å². The Labute approximate surface area is 190 Å². The van der Waals surface area contributed by atoms with Gasteiger partial charge in [0.2, 0.25) is 0 Å². The molecule has 1 aliphatic rings. The van der Waals surface area contributed by atoms with E-state index in [1.165, 1.54) is 0 Å². The summed E-state index contributed by atoms with van der Waals surface area (Å²) in [5.74, 6) is -0.156. The second-order valence-electron chi connectivity index (χ2n) is 8.06. The Morgan fingerprint density at radius 3 is 2.52 bits per heavy atom. The van der Waals surface area contributed by atoms with Crippen LogP contribution in [0.3, 0.4) is 0 Å². The first-order chi connectivity index (χ1) is 16.1. The summed E-state index contributed by atoms with van der Waals surface area (Å²) in [5.41, 5.74) is 13.5. The van der Waals surface area contributed by atoms with Crippen LogP contribution in [0.25, 0.3) is 10.9 Å². The van der Waals surface area contributed by atoms with E-state index in [0.29, 0.717) is 24.4 Å². The second kappa shape index (κ2) is 8.63. The van der Waals surface area contributed by atoms with Crippen LogP contribution in [0.5, 0.6) is 0 Å². The van der Waals surface area contributed by atoms with Gasteiger partial charge in [0.25, 0.3) is 17.6 Å². The van der Waals surface area contributed by atoms with Crippen LogP contribution < -0.4 is 16.5 Å². The SMILES string of the molecule is NC1=[N+](NC(=O)[C@H](Cc2c[nH]c3ccccc23)NC(=O)c2ccccc2)Cc2ccccc21. The number of carbonyl (C=O) groups excluding carboxylic acids is 2. The average Bonchev–Trinajstić information content (AvgIpc) is 3.40. The molecule has 0 fully saturated rings. The van der Waals surface area contributed by atoms with Crippen LogP contribution in [0.15, 0.2) is 85.1 Å². The first kappa shape index (κ1) is 20.5. The van der Waals surface area contributed by atoms with Gasteiger partial charge in [0.05, 0.1) is 5.56 Å². The smallest absolute Gasteiger partial charge is 0.299 e. The Balaban J connectivity index is 1.41. The van der Waals surface area contributed by atoms with Crippen LogP contribution in [0.2, 0.25) is 0 Å². The molecule has 5 N–H and O–H groups in total. The Morgan fingerprint density at radius 1 is 0.970 bits per heavy atom. The molecule has 1 atom stereocenters. The summed E-state index contributed by atoms with van der Waals surface area (Å²) in [6.07, 6.45) is 2.21. The van der Waals surface area contributed by atoms with Gasteiger partial charge in [-0.2, -0.15) is 10.1 Å². The summed E-state index contributed by atoms with van der Waals surface area (Å²) < 4.78 is 1.63. The van der Waals surface area contributed by atoms with Crippen molar-refractivity contribution in [2.45, 2.75) is 19.0 Å². The number of rotatable bonds is 6. The molecule has 2 amide bonds. The largest absolute Gasteiger partial charge is 0.361 e. The molecule has 7 nitrogen and oxygen atoms in total. The molecule has 5 rings (SSSR count). The molecule has 1 aromatic heterocycles. The zero-order chi connectivity index (χ0) is 22.8. The number of benzene rings is 3. The zero-order valence-corrected chi connectivity index (χ0v) is 17.9. The van der Waals surface area contributed by atoms with Gasteiger partial charge in [-0.25, -0.2) is 0 Å². The summed E-state index contributed by atoms with van der Waals surface area (Å²) in [7, 11) is 0. The molecule has 0 spiro atoms.